The van der Waals surface area contributed by atoms with Gasteiger partial charge in [-0.05, 0) is 53.6 Å². The molecule has 0 aromatic rings. The normalized spacial score (nSPS) is 19.8. The second-order valence-electron chi connectivity index (χ2n) is 6.04. The van der Waals surface area contributed by atoms with Crippen LogP contribution < -0.4 is 10.0 Å². The number of nitrogens with zero attached hydrogens (tertiary/aromatic N) is 1. The van der Waals surface area contributed by atoms with Crippen LogP contribution in [0.3, 0.4) is 0 Å². The Morgan fingerprint density at radius 1 is 1.26 bits per heavy atom. The molecule has 0 bridgehead atoms. The Balaban J connectivity index is 2.31. The molecule has 0 aliphatic carbocycles. The minimum absolute atomic E-state index is 0.133. The third-order valence-corrected chi connectivity index (χ3v) is 5.20. The third kappa shape index (κ3) is 5.77. The van der Waals surface area contributed by atoms with E-state index in [1.54, 1.807) is 6.92 Å². The second kappa shape index (κ2) is 7.02. The summed E-state index contributed by atoms with van der Waals surface area (Å²) in [5.41, 5.74) is 0.133. The molecule has 5 nitrogen and oxygen atoms in total. The van der Waals surface area contributed by atoms with Gasteiger partial charge in [-0.15, -0.1) is 0 Å². The van der Waals surface area contributed by atoms with Crippen molar-refractivity contribution in [3.63, 3.8) is 0 Å². The van der Waals surface area contributed by atoms with Crippen molar-refractivity contribution >= 4 is 10.0 Å². The minimum atomic E-state index is -3.08. The summed E-state index contributed by atoms with van der Waals surface area (Å²) in [6.07, 6.45) is 2.57. The molecule has 1 aliphatic rings. The number of hydrogen-bond acceptors (Lipinski definition) is 4. The lowest BCUT2D eigenvalue weighted by Gasteiger charge is -2.36. The summed E-state index contributed by atoms with van der Waals surface area (Å²) in [6.45, 7) is 11.8. The zero-order chi connectivity index (χ0) is 14.5. The average molecular weight is 291 g/mol. The summed E-state index contributed by atoms with van der Waals surface area (Å²) in [5.74, 6) is 0.138. The van der Waals surface area contributed by atoms with Crippen molar-refractivity contribution in [1.82, 2.24) is 14.9 Å². The van der Waals surface area contributed by atoms with Crippen LogP contribution in [-0.2, 0) is 10.0 Å². The van der Waals surface area contributed by atoms with Crippen molar-refractivity contribution < 1.29 is 8.42 Å². The maximum atomic E-state index is 11.4. The smallest absolute Gasteiger partial charge is 0.211 e. The Morgan fingerprint density at radius 2 is 1.84 bits per heavy atom. The van der Waals surface area contributed by atoms with Crippen LogP contribution >= 0.6 is 0 Å². The summed E-state index contributed by atoms with van der Waals surface area (Å²) in [7, 11) is -3.08. The van der Waals surface area contributed by atoms with Crippen LogP contribution in [0.1, 0.15) is 40.5 Å². The Kier molecular flexibility index (Phi) is 6.23. The van der Waals surface area contributed by atoms with Gasteiger partial charge in [-0.1, -0.05) is 0 Å². The quantitative estimate of drug-likeness (QED) is 0.694. The van der Waals surface area contributed by atoms with E-state index < -0.39 is 10.0 Å². The highest BCUT2D eigenvalue weighted by Gasteiger charge is 2.28. The van der Waals surface area contributed by atoms with Gasteiger partial charge in [-0.2, -0.15) is 0 Å². The first-order chi connectivity index (χ1) is 8.77. The van der Waals surface area contributed by atoms with Gasteiger partial charge >= 0.3 is 0 Å². The Morgan fingerprint density at radius 3 is 2.37 bits per heavy atom. The first-order valence-electron chi connectivity index (χ1n) is 7.22. The standard InChI is InChI=1S/C13H29N3O2S/c1-5-19(17,18)15-10-12(2)14-11-13(3,4)16-8-6-7-9-16/h12,14-15H,5-11H2,1-4H3/t12-/m0/s1. The average Bonchev–Trinajstić information content (AvgIpc) is 2.89. The highest BCUT2D eigenvalue weighted by atomic mass is 32.2. The molecule has 1 rings (SSSR count). The lowest BCUT2D eigenvalue weighted by atomic mass is 10.0. The molecule has 1 fully saturated rings. The zero-order valence-electron chi connectivity index (χ0n) is 12.7. The van der Waals surface area contributed by atoms with Crippen LogP contribution in [0.5, 0.6) is 0 Å². The van der Waals surface area contributed by atoms with Gasteiger partial charge in [0.1, 0.15) is 0 Å². The number of rotatable bonds is 8. The monoisotopic (exact) mass is 291 g/mol. The van der Waals surface area contributed by atoms with E-state index in [4.69, 9.17) is 0 Å². The molecule has 0 amide bonds. The molecule has 0 unspecified atom stereocenters. The van der Waals surface area contributed by atoms with Gasteiger partial charge in [0.25, 0.3) is 0 Å². The van der Waals surface area contributed by atoms with Crippen molar-refractivity contribution in [2.45, 2.75) is 52.1 Å². The molecule has 1 saturated heterocycles. The highest BCUT2D eigenvalue weighted by molar-refractivity contribution is 7.89. The van der Waals surface area contributed by atoms with Crippen LogP contribution in [0.25, 0.3) is 0 Å². The summed E-state index contributed by atoms with van der Waals surface area (Å²) < 4.78 is 25.3. The Labute approximate surface area is 118 Å². The summed E-state index contributed by atoms with van der Waals surface area (Å²) >= 11 is 0. The van der Waals surface area contributed by atoms with Gasteiger partial charge < -0.3 is 5.32 Å². The molecule has 0 aromatic heterocycles. The maximum Gasteiger partial charge on any atom is 0.211 e. The van der Waals surface area contributed by atoms with E-state index in [0.29, 0.717) is 6.54 Å². The van der Waals surface area contributed by atoms with Gasteiger partial charge in [0.05, 0.1) is 5.75 Å². The van der Waals surface area contributed by atoms with Crippen molar-refractivity contribution in [2.24, 2.45) is 0 Å². The van der Waals surface area contributed by atoms with Gasteiger partial charge in [0, 0.05) is 24.7 Å². The topological polar surface area (TPSA) is 61.4 Å². The predicted molar refractivity (Wildman–Crippen MR) is 79.8 cm³/mol. The second-order valence-corrected chi connectivity index (χ2v) is 8.14. The van der Waals surface area contributed by atoms with Gasteiger partial charge in [0.15, 0.2) is 0 Å². The fourth-order valence-corrected chi connectivity index (χ4v) is 2.99. The molecule has 114 valence electrons. The summed E-state index contributed by atoms with van der Waals surface area (Å²) in [6, 6.07) is 0.142. The molecule has 0 aromatic carbocycles. The zero-order valence-corrected chi connectivity index (χ0v) is 13.5. The molecular weight excluding hydrogens is 262 g/mol. The molecule has 0 radical (unpaired) electrons. The van der Waals surface area contributed by atoms with E-state index in [0.717, 1.165) is 6.54 Å². The van der Waals surface area contributed by atoms with Crippen molar-refractivity contribution in [3.05, 3.63) is 0 Å². The summed E-state index contributed by atoms with van der Waals surface area (Å²) in [4.78, 5) is 2.50. The molecule has 2 N–H and O–H groups in total. The molecule has 1 aliphatic heterocycles. The Bertz CT molecular complexity index is 362. The van der Waals surface area contributed by atoms with E-state index in [1.165, 1.54) is 25.9 Å². The number of hydrogen-bond donors (Lipinski definition) is 2. The van der Waals surface area contributed by atoms with Crippen LogP contribution in [0.2, 0.25) is 0 Å². The van der Waals surface area contributed by atoms with Gasteiger partial charge in [-0.3, -0.25) is 4.90 Å². The molecular formula is C13H29N3O2S. The molecule has 1 atom stereocenters. The van der Waals surface area contributed by atoms with E-state index in [-0.39, 0.29) is 17.3 Å². The van der Waals surface area contributed by atoms with Crippen molar-refractivity contribution in [2.75, 3.05) is 31.9 Å². The van der Waals surface area contributed by atoms with Crippen LogP contribution in [0.15, 0.2) is 0 Å². The van der Waals surface area contributed by atoms with Crippen molar-refractivity contribution in [1.29, 1.82) is 0 Å². The maximum absolute atomic E-state index is 11.4. The van der Waals surface area contributed by atoms with Crippen LogP contribution in [0.4, 0.5) is 0 Å². The number of likely N-dealkylation sites (tertiary alicyclic amines) is 1. The molecule has 19 heavy (non-hydrogen) atoms. The third-order valence-electron chi connectivity index (χ3n) is 3.83. The largest absolute Gasteiger partial charge is 0.311 e. The first kappa shape index (κ1) is 16.9. The van der Waals surface area contributed by atoms with E-state index in [9.17, 15) is 8.42 Å². The van der Waals surface area contributed by atoms with E-state index in [2.05, 4.69) is 28.8 Å². The number of sulfonamides is 1. The van der Waals surface area contributed by atoms with Crippen LogP contribution in [0, 0.1) is 0 Å². The SMILES string of the molecule is CCS(=O)(=O)NC[C@H](C)NCC(C)(C)N1CCCC1. The molecule has 1 heterocycles. The predicted octanol–water partition coefficient (Wildman–Crippen LogP) is 0.778. The number of nitrogens with one attached hydrogen (secondary N) is 2. The highest BCUT2D eigenvalue weighted by Crippen LogP contribution is 2.20. The van der Waals surface area contributed by atoms with Crippen molar-refractivity contribution in [3.8, 4) is 0 Å². The summed E-state index contributed by atoms with van der Waals surface area (Å²) in [5, 5.41) is 3.43. The van der Waals surface area contributed by atoms with Crippen LogP contribution in [-0.4, -0.2) is 56.8 Å². The van der Waals surface area contributed by atoms with Gasteiger partial charge in [0.2, 0.25) is 10.0 Å². The fraction of sp³-hybridized carbons (Fsp3) is 1.00. The first-order valence-corrected chi connectivity index (χ1v) is 8.88. The Hall–Kier alpha value is -0.170. The lowest BCUT2D eigenvalue weighted by molar-refractivity contribution is 0.148. The van der Waals surface area contributed by atoms with E-state index in [1.807, 2.05) is 6.92 Å². The molecule has 0 spiro atoms. The molecule has 6 heteroatoms. The van der Waals surface area contributed by atoms with Gasteiger partial charge in [-0.25, -0.2) is 13.1 Å². The van der Waals surface area contributed by atoms with E-state index >= 15 is 0 Å². The minimum Gasteiger partial charge on any atom is -0.311 e. The molecule has 0 saturated carbocycles. The lowest BCUT2D eigenvalue weighted by Crippen LogP contribution is -2.52. The fourth-order valence-electron chi connectivity index (χ4n) is 2.28.